The Balaban J connectivity index is 1.54. The van der Waals surface area contributed by atoms with E-state index in [4.69, 9.17) is 11.6 Å². The zero-order valence-electron chi connectivity index (χ0n) is 12.8. The topological polar surface area (TPSA) is 111 Å². The van der Waals surface area contributed by atoms with E-state index in [1.165, 1.54) is 0 Å². The maximum Gasteiger partial charge on any atom is 0.327 e. The molecule has 1 aromatic carbocycles. The van der Waals surface area contributed by atoms with Gasteiger partial charge in [0.05, 0.1) is 12.0 Å². The molecule has 128 valence electrons. The van der Waals surface area contributed by atoms with Crippen molar-refractivity contribution in [2.75, 3.05) is 6.54 Å². The van der Waals surface area contributed by atoms with Gasteiger partial charge in [0.25, 0.3) is 0 Å². The molecule has 1 saturated heterocycles. The number of benzene rings is 1. The number of rotatable bonds is 3. The summed E-state index contributed by atoms with van der Waals surface area (Å²) in [5.74, 6) is -2.45. The zero-order chi connectivity index (χ0) is 17.1. The summed E-state index contributed by atoms with van der Waals surface area (Å²) < 4.78 is 0. The van der Waals surface area contributed by atoms with Crippen molar-refractivity contribution < 1.29 is 14.4 Å². The van der Waals surface area contributed by atoms with Gasteiger partial charge in [-0.25, -0.2) is 5.43 Å². The molecule has 0 spiro atoms. The fourth-order valence-electron chi connectivity index (χ4n) is 2.47. The number of nitrogens with one attached hydrogen (secondary N) is 5. The lowest BCUT2D eigenvalue weighted by atomic mass is 9.94. The molecule has 1 saturated carbocycles. The summed E-state index contributed by atoms with van der Waals surface area (Å²) in [6, 6.07) is 6.96. The van der Waals surface area contributed by atoms with Gasteiger partial charge in [0.1, 0.15) is 0 Å². The highest BCUT2D eigenvalue weighted by Gasteiger charge is 2.34. The van der Waals surface area contributed by atoms with E-state index in [-0.39, 0.29) is 18.0 Å². The summed E-state index contributed by atoms with van der Waals surface area (Å²) in [4.78, 5) is 35.5. The zero-order valence-corrected chi connectivity index (χ0v) is 13.5. The minimum absolute atomic E-state index is 0.0801. The molecule has 2 atom stereocenters. The van der Waals surface area contributed by atoms with E-state index in [1.807, 2.05) is 12.1 Å². The smallest absolute Gasteiger partial charge is 0.327 e. The van der Waals surface area contributed by atoms with Crippen LogP contribution in [0.1, 0.15) is 24.4 Å². The molecular weight excluding hydrogens is 334 g/mol. The lowest BCUT2D eigenvalue weighted by Crippen LogP contribution is -2.51. The lowest BCUT2D eigenvalue weighted by molar-refractivity contribution is -0.141. The second kappa shape index (κ2) is 7.16. The Kier molecular flexibility index (Phi) is 4.98. The van der Waals surface area contributed by atoms with Crippen LogP contribution in [-0.2, 0) is 14.4 Å². The normalized spacial score (nSPS) is 22.7. The molecular formula is C15H18ClN5O3. The molecule has 24 heavy (non-hydrogen) atoms. The van der Waals surface area contributed by atoms with Gasteiger partial charge in [-0.1, -0.05) is 23.7 Å². The number of halogens is 1. The summed E-state index contributed by atoms with van der Waals surface area (Å²) in [5.41, 5.74) is 11.3. The van der Waals surface area contributed by atoms with Crippen LogP contribution in [0.25, 0.3) is 0 Å². The second-order valence-electron chi connectivity index (χ2n) is 5.85. The van der Waals surface area contributed by atoms with Gasteiger partial charge < -0.3 is 5.32 Å². The molecule has 2 fully saturated rings. The summed E-state index contributed by atoms with van der Waals surface area (Å²) in [6.07, 6.45) is 1.77. The summed E-state index contributed by atoms with van der Waals surface area (Å²) in [5, 5.41) is 3.16. The average Bonchev–Trinajstić information content (AvgIpc) is 3.25. The first-order valence-electron chi connectivity index (χ1n) is 7.69. The maximum absolute atomic E-state index is 12.3. The molecule has 0 bridgehead atoms. The molecule has 3 amide bonds. The van der Waals surface area contributed by atoms with Crippen molar-refractivity contribution in [2.45, 2.75) is 24.9 Å². The van der Waals surface area contributed by atoms with E-state index in [0.717, 1.165) is 18.4 Å². The number of amides is 3. The monoisotopic (exact) mass is 351 g/mol. The van der Waals surface area contributed by atoms with Gasteiger partial charge >= 0.3 is 11.8 Å². The molecule has 1 aromatic rings. The van der Waals surface area contributed by atoms with Crippen molar-refractivity contribution in [1.29, 1.82) is 0 Å². The first-order valence-corrected chi connectivity index (χ1v) is 8.07. The third kappa shape index (κ3) is 4.02. The van der Waals surface area contributed by atoms with Crippen molar-refractivity contribution in [1.82, 2.24) is 27.0 Å². The van der Waals surface area contributed by atoms with Crippen molar-refractivity contribution in [3.63, 3.8) is 0 Å². The number of carbonyl (C=O) groups is 3. The number of hydrogen-bond donors (Lipinski definition) is 5. The van der Waals surface area contributed by atoms with Gasteiger partial charge in [-0.15, -0.1) is 0 Å². The average molecular weight is 352 g/mol. The number of hydrazine groups is 2. The molecule has 9 heteroatoms. The third-order valence-corrected chi connectivity index (χ3v) is 4.22. The van der Waals surface area contributed by atoms with Crippen LogP contribution in [0.5, 0.6) is 0 Å². The summed E-state index contributed by atoms with van der Waals surface area (Å²) >= 11 is 5.87. The van der Waals surface area contributed by atoms with Gasteiger partial charge in [0.15, 0.2) is 0 Å². The predicted octanol–water partition coefficient (Wildman–Crippen LogP) is -0.469. The summed E-state index contributed by atoms with van der Waals surface area (Å²) in [6.45, 7) is 0.392. The molecule has 3 rings (SSSR count). The molecule has 1 aliphatic carbocycles. The predicted molar refractivity (Wildman–Crippen MR) is 86.3 cm³/mol. The first kappa shape index (κ1) is 16.7. The Morgan fingerprint density at radius 2 is 1.75 bits per heavy atom. The SMILES string of the molecule is O=C(NNC(=O)C1CNNC1c1ccc(Cl)cc1)C(=O)NC1CC1. The minimum atomic E-state index is -0.878. The van der Waals surface area contributed by atoms with Crippen LogP contribution in [0.3, 0.4) is 0 Å². The van der Waals surface area contributed by atoms with E-state index in [9.17, 15) is 14.4 Å². The van der Waals surface area contributed by atoms with Crippen LogP contribution in [0.2, 0.25) is 5.02 Å². The van der Waals surface area contributed by atoms with E-state index in [2.05, 4.69) is 27.0 Å². The molecule has 2 unspecified atom stereocenters. The molecule has 1 aliphatic heterocycles. The molecule has 5 N–H and O–H groups in total. The highest BCUT2D eigenvalue weighted by Crippen LogP contribution is 2.26. The van der Waals surface area contributed by atoms with Gasteiger partial charge in [0.2, 0.25) is 5.91 Å². The Hall–Kier alpha value is -2.16. The van der Waals surface area contributed by atoms with E-state index >= 15 is 0 Å². The molecule has 0 aromatic heterocycles. The van der Waals surface area contributed by atoms with E-state index < -0.39 is 17.7 Å². The molecule has 2 aliphatic rings. The standard InChI is InChI=1S/C15H18ClN5O3/c16-9-3-1-8(2-4-9)12-11(7-17-19-12)13(22)20-21-15(24)14(23)18-10-5-6-10/h1-4,10-12,17,19H,5-7H2,(H,18,23)(H,20,22)(H,21,24). The van der Waals surface area contributed by atoms with Crippen molar-refractivity contribution in [2.24, 2.45) is 5.92 Å². The fourth-order valence-corrected chi connectivity index (χ4v) is 2.60. The van der Waals surface area contributed by atoms with Gasteiger partial charge in [-0.3, -0.25) is 30.7 Å². The van der Waals surface area contributed by atoms with E-state index in [0.29, 0.717) is 11.6 Å². The lowest BCUT2D eigenvalue weighted by Gasteiger charge is -2.18. The Morgan fingerprint density at radius 3 is 2.42 bits per heavy atom. The third-order valence-electron chi connectivity index (χ3n) is 3.97. The molecule has 1 heterocycles. The van der Waals surface area contributed by atoms with Gasteiger partial charge in [-0.05, 0) is 30.5 Å². The first-order chi connectivity index (χ1) is 11.5. The quantitative estimate of drug-likeness (QED) is 0.373. The second-order valence-corrected chi connectivity index (χ2v) is 6.29. The molecule has 0 radical (unpaired) electrons. The van der Waals surface area contributed by atoms with Crippen LogP contribution in [0, 0.1) is 5.92 Å². The van der Waals surface area contributed by atoms with Crippen molar-refractivity contribution in [3.05, 3.63) is 34.9 Å². The maximum atomic E-state index is 12.3. The minimum Gasteiger partial charge on any atom is -0.345 e. The Morgan fingerprint density at radius 1 is 1.04 bits per heavy atom. The Bertz CT molecular complexity index is 647. The van der Waals surface area contributed by atoms with Crippen LogP contribution >= 0.6 is 11.6 Å². The highest BCUT2D eigenvalue weighted by molar-refractivity contribution is 6.35. The van der Waals surface area contributed by atoms with E-state index in [1.54, 1.807) is 12.1 Å². The van der Waals surface area contributed by atoms with Crippen LogP contribution in [-0.4, -0.2) is 30.3 Å². The van der Waals surface area contributed by atoms with Crippen LogP contribution in [0.15, 0.2) is 24.3 Å². The summed E-state index contributed by atoms with van der Waals surface area (Å²) in [7, 11) is 0. The van der Waals surface area contributed by atoms with Crippen molar-refractivity contribution >= 4 is 29.3 Å². The largest absolute Gasteiger partial charge is 0.345 e. The van der Waals surface area contributed by atoms with Crippen LogP contribution < -0.4 is 27.0 Å². The molecule has 8 nitrogen and oxygen atoms in total. The highest BCUT2D eigenvalue weighted by atomic mass is 35.5. The van der Waals surface area contributed by atoms with Crippen molar-refractivity contribution in [3.8, 4) is 0 Å². The Labute approximate surface area is 143 Å². The van der Waals surface area contributed by atoms with Gasteiger partial charge in [0, 0.05) is 17.6 Å². The number of carbonyl (C=O) groups excluding carboxylic acids is 3. The van der Waals surface area contributed by atoms with Crippen LogP contribution in [0.4, 0.5) is 0 Å². The fraction of sp³-hybridized carbons (Fsp3) is 0.400. The van der Waals surface area contributed by atoms with Gasteiger partial charge in [-0.2, -0.15) is 0 Å². The number of hydrogen-bond acceptors (Lipinski definition) is 5.